The van der Waals surface area contributed by atoms with Crippen molar-refractivity contribution in [2.24, 2.45) is 0 Å². The molecule has 9 nitrogen and oxygen atoms in total. The maximum Gasteiger partial charge on any atom is 0.340 e. The summed E-state index contributed by atoms with van der Waals surface area (Å²) >= 11 is 6.16. The van der Waals surface area contributed by atoms with Gasteiger partial charge in [0.2, 0.25) is 0 Å². The number of aromatic amines is 1. The number of hydrogen-bond donors (Lipinski definition) is 1. The summed E-state index contributed by atoms with van der Waals surface area (Å²) in [5, 5.41) is 4.88. The number of rotatable bonds is 2. The van der Waals surface area contributed by atoms with Gasteiger partial charge in [-0.1, -0.05) is 35.9 Å². The fourth-order valence-electron chi connectivity index (χ4n) is 4.28. The summed E-state index contributed by atoms with van der Waals surface area (Å²) in [5.74, 6) is -0.915. The number of aromatic nitrogens is 4. The Labute approximate surface area is 220 Å². The zero-order valence-corrected chi connectivity index (χ0v) is 20.9. The van der Waals surface area contributed by atoms with E-state index in [9.17, 15) is 14.4 Å². The molecule has 1 N–H and O–H groups in total. The molecule has 2 aromatic carbocycles. The summed E-state index contributed by atoms with van der Waals surface area (Å²) in [7, 11) is 2.65. The van der Waals surface area contributed by atoms with Crippen LogP contribution in [0.3, 0.4) is 0 Å². The molecule has 4 aromatic heterocycles. The molecule has 6 rings (SSSR count). The number of fused-ring (bicyclic) bond motifs is 6. The zero-order valence-electron chi connectivity index (χ0n) is 20.2. The molecule has 0 fully saturated rings. The van der Waals surface area contributed by atoms with Crippen LogP contribution >= 0.6 is 11.6 Å². The quantitative estimate of drug-likeness (QED) is 0.188. The Morgan fingerprint density at radius 2 is 1.32 bits per heavy atom. The topological polar surface area (TPSA) is 124 Å². The molecule has 0 aliphatic heterocycles. The monoisotopic (exact) mass is 526 g/mol. The lowest BCUT2D eigenvalue weighted by molar-refractivity contribution is 0.0594. The van der Waals surface area contributed by atoms with E-state index in [1.54, 1.807) is 61.2 Å². The molecule has 0 bridgehead atoms. The van der Waals surface area contributed by atoms with Gasteiger partial charge in [-0.3, -0.25) is 14.8 Å². The molecular formula is C28H19ClN4O5. The molecule has 188 valence electrons. The summed E-state index contributed by atoms with van der Waals surface area (Å²) in [6.07, 6.45) is 6.56. The second-order valence-corrected chi connectivity index (χ2v) is 8.47. The SMILES string of the molecule is COC(=O)c1cccc2c1[nH]c(=O)c1ccncc12.COC(=O)c1cccc2c1nc(Cl)c1ccncc12. The Morgan fingerprint density at radius 1 is 0.737 bits per heavy atom. The zero-order chi connectivity index (χ0) is 26.8. The number of hydrogen-bond acceptors (Lipinski definition) is 8. The third kappa shape index (κ3) is 4.29. The van der Waals surface area contributed by atoms with E-state index in [-0.39, 0.29) is 5.56 Å². The Morgan fingerprint density at radius 3 is 2.00 bits per heavy atom. The Kier molecular flexibility index (Phi) is 6.68. The molecule has 4 heterocycles. The maximum absolute atomic E-state index is 12.0. The first-order valence-electron chi connectivity index (χ1n) is 11.3. The third-order valence-corrected chi connectivity index (χ3v) is 6.34. The van der Waals surface area contributed by atoms with Gasteiger partial charge in [-0.15, -0.1) is 0 Å². The molecule has 0 atom stereocenters. The van der Waals surface area contributed by atoms with Crippen LogP contribution in [0.1, 0.15) is 20.7 Å². The fourth-order valence-corrected chi connectivity index (χ4v) is 4.53. The number of benzene rings is 2. The van der Waals surface area contributed by atoms with Crippen LogP contribution in [0, 0.1) is 0 Å². The highest BCUT2D eigenvalue weighted by molar-refractivity contribution is 6.36. The summed E-state index contributed by atoms with van der Waals surface area (Å²) < 4.78 is 9.48. The molecule has 0 radical (unpaired) electrons. The van der Waals surface area contributed by atoms with E-state index in [2.05, 4.69) is 19.9 Å². The molecule has 0 spiro atoms. The van der Waals surface area contributed by atoms with E-state index < -0.39 is 11.9 Å². The average molecular weight is 527 g/mol. The predicted octanol–water partition coefficient (Wildman–Crippen LogP) is 5.09. The Bertz CT molecular complexity index is 1940. The largest absolute Gasteiger partial charge is 0.465 e. The first-order chi connectivity index (χ1) is 18.4. The molecule has 0 amide bonds. The van der Waals surface area contributed by atoms with E-state index in [4.69, 9.17) is 21.1 Å². The molecular weight excluding hydrogens is 508 g/mol. The third-order valence-electron chi connectivity index (χ3n) is 6.05. The molecule has 10 heteroatoms. The van der Waals surface area contributed by atoms with Crippen LogP contribution in [-0.2, 0) is 9.47 Å². The highest BCUT2D eigenvalue weighted by atomic mass is 35.5. The number of nitrogens with zero attached hydrogens (tertiary/aromatic N) is 3. The van der Waals surface area contributed by atoms with Crippen molar-refractivity contribution in [2.75, 3.05) is 14.2 Å². The van der Waals surface area contributed by atoms with Crippen molar-refractivity contribution in [1.29, 1.82) is 0 Å². The minimum atomic E-state index is -0.482. The van der Waals surface area contributed by atoms with Gasteiger partial charge in [-0.2, -0.15) is 0 Å². The standard InChI is InChI=1S/C14H9ClN2O2.C14H10N2O3/c1-19-14(18)10-4-2-3-8-11-7-16-6-5-9(11)13(15)17-12(8)10;1-19-14(18)10-4-2-3-8-11-7-15-6-5-9(11)13(17)16-12(8)10/h2-7H,1H3;2-7H,1H3,(H,16,17). The van der Waals surface area contributed by atoms with E-state index in [1.165, 1.54) is 14.2 Å². The number of nitrogens with one attached hydrogen (secondary N) is 1. The van der Waals surface area contributed by atoms with Crippen molar-refractivity contribution in [3.05, 3.63) is 100.0 Å². The van der Waals surface area contributed by atoms with Crippen LogP contribution in [0.25, 0.3) is 43.4 Å². The number of methoxy groups -OCH3 is 2. The number of halogens is 1. The van der Waals surface area contributed by atoms with Crippen LogP contribution in [0.5, 0.6) is 0 Å². The Balaban J connectivity index is 0.000000155. The van der Waals surface area contributed by atoms with Crippen molar-refractivity contribution < 1.29 is 19.1 Å². The number of ether oxygens (including phenoxy) is 2. The van der Waals surface area contributed by atoms with Crippen LogP contribution < -0.4 is 5.56 Å². The van der Waals surface area contributed by atoms with Gasteiger partial charge in [-0.25, -0.2) is 14.6 Å². The minimum Gasteiger partial charge on any atom is -0.465 e. The lowest BCUT2D eigenvalue weighted by Crippen LogP contribution is -2.10. The molecule has 0 unspecified atom stereocenters. The fraction of sp³-hybridized carbons (Fsp3) is 0.0714. The van der Waals surface area contributed by atoms with Crippen molar-refractivity contribution in [1.82, 2.24) is 19.9 Å². The van der Waals surface area contributed by atoms with Gasteiger partial charge in [0, 0.05) is 51.7 Å². The normalized spacial score (nSPS) is 10.8. The van der Waals surface area contributed by atoms with Crippen molar-refractivity contribution in [3.63, 3.8) is 0 Å². The van der Waals surface area contributed by atoms with Gasteiger partial charge in [0.15, 0.2) is 0 Å². The van der Waals surface area contributed by atoms with E-state index in [0.717, 1.165) is 21.5 Å². The van der Waals surface area contributed by atoms with Crippen molar-refractivity contribution in [3.8, 4) is 0 Å². The van der Waals surface area contributed by atoms with Gasteiger partial charge >= 0.3 is 11.9 Å². The lowest BCUT2D eigenvalue weighted by atomic mass is 10.1. The number of H-pyrrole nitrogens is 1. The smallest absolute Gasteiger partial charge is 0.340 e. The van der Waals surface area contributed by atoms with E-state index in [1.807, 2.05) is 12.1 Å². The van der Waals surface area contributed by atoms with Gasteiger partial charge < -0.3 is 14.5 Å². The molecule has 0 aliphatic carbocycles. The first kappa shape index (κ1) is 24.8. The van der Waals surface area contributed by atoms with E-state index >= 15 is 0 Å². The first-order valence-corrected chi connectivity index (χ1v) is 11.7. The van der Waals surface area contributed by atoms with Crippen molar-refractivity contribution in [2.45, 2.75) is 0 Å². The Hall–Kier alpha value is -4.89. The maximum atomic E-state index is 12.0. The van der Waals surface area contributed by atoms with Gasteiger partial charge in [0.25, 0.3) is 5.56 Å². The van der Waals surface area contributed by atoms with E-state index in [0.29, 0.717) is 38.1 Å². The van der Waals surface area contributed by atoms with Gasteiger partial charge in [0.1, 0.15) is 5.15 Å². The summed E-state index contributed by atoms with van der Waals surface area (Å²) in [5.41, 5.74) is 1.48. The van der Waals surface area contributed by atoms with Crippen LogP contribution in [0.4, 0.5) is 0 Å². The molecule has 0 aliphatic rings. The van der Waals surface area contributed by atoms with Gasteiger partial charge in [-0.05, 0) is 24.3 Å². The number of carbonyl (C=O) groups excluding carboxylic acids is 2. The molecule has 0 saturated carbocycles. The van der Waals surface area contributed by atoms with Crippen LogP contribution in [0.15, 0.2) is 78.1 Å². The number of pyridine rings is 4. The highest BCUT2D eigenvalue weighted by Gasteiger charge is 2.15. The second kappa shape index (κ2) is 10.2. The summed E-state index contributed by atoms with van der Waals surface area (Å²) in [6, 6.07) is 14.0. The second-order valence-electron chi connectivity index (χ2n) is 8.11. The lowest BCUT2D eigenvalue weighted by Gasteiger charge is -2.08. The van der Waals surface area contributed by atoms with Gasteiger partial charge in [0.05, 0.1) is 41.8 Å². The highest BCUT2D eigenvalue weighted by Crippen LogP contribution is 2.30. The average Bonchev–Trinajstić information content (AvgIpc) is 2.96. The number of para-hydroxylation sites is 2. The molecule has 6 aromatic rings. The molecule has 0 saturated heterocycles. The van der Waals surface area contributed by atoms with Crippen molar-refractivity contribution >= 4 is 66.9 Å². The van der Waals surface area contributed by atoms with Crippen LogP contribution in [-0.4, -0.2) is 46.1 Å². The summed E-state index contributed by atoms with van der Waals surface area (Å²) in [4.78, 5) is 50.7. The predicted molar refractivity (Wildman–Crippen MR) is 145 cm³/mol. The number of carbonyl (C=O) groups is 2. The van der Waals surface area contributed by atoms with Crippen LogP contribution in [0.2, 0.25) is 5.15 Å². The summed E-state index contributed by atoms with van der Waals surface area (Å²) in [6.45, 7) is 0. The number of esters is 2. The minimum absolute atomic E-state index is 0.249. The molecule has 38 heavy (non-hydrogen) atoms.